The molecule has 4 nitrogen and oxygen atoms in total. The molecule has 0 N–H and O–H groups in total. The molecule has 1 unspecified atom stereocenters. The van der Waals surface area contributed by atoms with Crippen molar-refractivity contribution in [2.75, 3.05) is 33.9 Å². The van der Waals surface area contributed by atoms with Crippen LogP contribution in [0.25, 0.3) is 0 Å². The van der Waals surface area contributed by atoms with Crippen molar-refractivity contribution < 1.29 is 9.53 Å². The molecule has 0 spiro atoms. The van der Waals surface area contributed by atoms with Gasteiger partial charge in [-0.3, -0.25) is 0 Å². The van der Waals surface area contributed by atoms with E-state index in [1.54, 1.807) is 14.1 Å². The maximum absolute atomic E-state index is 11.8. The molecule has 0 radical (unpaired) electrons. The summed E-state index contributed by atoms with van der Waals surface area (Å²) in [5.41, 5.74) is 3.50. The zero-order chi connectivity index (χ0) is 20.0. The number of carbonyl (C=O) groups is 1. The zero-order valence-electron chi connectivity index (χ0n) is 17.6. The molecule has 0 aromatic heterocycles. The fraction of sp³-hybridized carbons (Fsp3) is 0.409. The first kappa shape index (κ1) is 24.3. The van der Waals surface area contributed by atoms with E-state index in [2.05, 4.69) is 62.3 Å². The average Bonchev–Trinajstić information content (AvgIpc) is 2.61. The smallest absolute Gasteiger partial charge is 0.410 e. The van der Waals surface area contributed by atoms with Gasteiger partial charge in [-0.1, -0.05) is 29.8 Å². The van der Waals surface area contributed by atoms with Gasteiger partial charge in [-0.15, -0.1) is 24.2 Å². The Morgan fingerprint density at radius 1 is 1.04 bits per heavy atom. The lowest BCUT2D eigenvalue weighted by molar-refractivity contribution is 0.171. The third kappa shape index (κ3) is 7.04. The number of ether oxygens (including phenoxy) is 1. The Labute approximate surface area is 179 Å². The zero-order valence-corrected chi connectivity index (χ0v) is 19.2. The maximum Gasteiger partial charge on any atom is 0.414 e. The van der Waals surface area contributed by atoms with E-state index >= 15 is 0 Å². The average molecular weight is 423 g/mol. The molecule has 0 fully saturated rings. The predicted molar refractivity (Wildman–Crippen MR) is 121 cm³/mol. The van der Waals surface area contributed by atoms with E-state index in [1.807, 2.05) is 24.8 Å². The second-order valence-electron chi connectivity index (χ2n) is 7.22. The minimum atomic E-state index is -0.357. The monoisotopic (exact) mass is 422 g/mol. The van der Waals surface area contributed by atoms with Crippen LogP contribution in [0.15, 0.2) is 47.4 Å². The molecule has 28 heavy (non-hydrogen) atoms. The molecular formula is C22H31ClN2O2S. The summed E-state index contributed by atoms with van der Waals surface area (Å²) in [4.78, 5) is 16.8. The maximum atomic E-state index is 11.8. The van der Waals surface area contributed by atoms with Gasteiger partial charge in [-0.05, 0) is 69.4 Å². The van der Waals surface area contributed by atoms with Crippen molar-refractivity contribution in [1.29, 1.82) is 0 Å². The van der Waals surface area contributed by atoms with Crippen LogP contribution in [0.3, 0.4) is 0 Å². The SMILES string of the molecule is Cc1ccc(SCCC(c2ccc(OC(=O)N(C)C)c(C)c2)N(C)C)cc1.Cl. The van der Waals surface area contributed by atoms with Gasteiger partial charge in [0.05, 0.1) is 0 Å². The van der Waals surface area contributed by atoms with E-state index < -0.39 is 0 Å². The first-order chi connectivity index (χ1) is 12.8. The summed E-state index contributed by atoms with van der Waals surface area (Å²) in [7, 11) is 7.58. The summed E-state index contributed by atoms with van der Waals surface area (Å²) < 4.78 is 5.42. The summed E-state index contributed by atoms with van der Waals surface area (Å²) in [6.45, 7) is 4.09. The van der Waals surface area contributed by atoms with Crippen molar-refractivity contribution in [1.82, 2.24) is 9.80 Å². The number of nitrogens with zero attached hydrogens (tertiary/aromatic N) is 2. The number of amides is 1. The van der Waals surface area contributed by atoms with Crippen molar-refractivity contribution in [2.24, 2.45) is 0 Å². The number of aryl methyl sites for hydroxylation is 2. The largest absolute Gasteiger partial charge is 0.414 e. The minimum absolute atomic E-state index is 0. The molecule has 0 saturated heterocycles. The van der Waals surface area contributed by atoms with Crippen molar-refractivity contribution in [3.8, 4) is 5.75 Å². The first-order valence-corrected chi connectivity index (χ1v) is 10.1. The van der Waals surface area contributed by atoms with Crippen LogP contribution in [0, 0.1) is 13.8 Å². The highest BCUT2D eigenvalue weighted by atomic mass is 35.5. The molecule has 2 aromatic rings. The van der Waals surface area contributed by atoms with Gasteiger partial charge in [0.2, 0.25) is 0 Å². The quantitative estimate of drug-likeness (QED) is 0.546. The second kappa shape index (κ2) is 11.3. The van der Waals surface area contributed by atoms with Crippen LogP contribution >= 0.6 is 24.2 Å². The highest BCUT2D eigenvalue weighted by Gasteiger charge is 2.16. The third-order valence-electron chi connectivity index (χ3n) is 4.45. The van der Waals surface area contributed by atoms with Gasteiger partial charge in [-0.2, -0.15) is 0 Å². The standard InChI is InChI=1S/C22H30N2O2S.ClH/c1-16-7-10-19(11-8-16)27-14-13-20(23(3)4)18-9-12-21(17(2)15-18)26-22(25)24(5)6;/h7-12,15,20H,13-14H2,1-6H3;1H. The Balaban J connectivity index is 0.00000392. The van der Waals surface area contributed by atoms with Crippen molar-refractivity contribution in [2.45, 2.75) is 31.2 Å². The van der Waals surface area contributed by atoms with Crippen molar-refractivity contribution in [3.05, 3.63) is 59.2 Å². The van der Waals surface area contributed by atoms with E-state index in [0.717, 1.165) is 17.7 Å². The van der Waals surface area contributed by atoms with Crippen LogP contribution in [0.4, 0.5) is 4.79 Å². The molecule has 0 heterocycles. The predicted octanol–water partition coefficient (Wildman–Crippen LogP) is 5.57. The molecule has 2 rings (SSSR count). The summed E-state index contributed by atoms with van der Waals surface area (Å²) in [5.74, 6) is 1.66. The fourth-order valence-electron chi connectivity index (χ4n) is 2.83. The number of thioether (sulfide) groups is 1. The molecule has 0 aliphatic rings. The molecule has 2 aromatic carbocycles. The van der Waals surface area contributed by atoms with Gasteiger partial charge >= 0.3 is 6.09 Å². The lowest BCUT2D eigenvalue weighted by Crippen LogP contribution is -2.25. The minimum Gasteiger partial charge on any atom is -0.410 e. The van der Waals surface area contributed by atoms with E-state index in [4.69, 9.17) is 4.74 Å². The molecule has 0 bridgehead atoms. The van der Waals surface area contributed by atoms with Crippen molar-refractivity contribution in [3.63, 3.8) is 0 Å². The van der Waals surface area contributed by atoms with Crippen LogP contribution in [0.5, 0.6) is 5.75 Å². The molecule has 1 atom stereocenters. The number of hydrogen-bond acceptors (Lipinski definition) is 4. The molecular weight excluding hydrogens is 392 g/mol. The highest BCUT2D eigenvalue weighted by molar-refractivity contribution is 7.99. The van der Waals surface area contributed by atoms with E-state index in [9.17, 15) is 4.79 Å². The Hall–Kier alpha value is -1.69. The van der Waals surface area contributed by atoms with Crippen LogP contribution < -0.4 is 4.74 Å². The fourth-order valence-corrected chi connectivity index (χ4v) is 3.73. The summed E-state index contributed by atoms with van der Waals surface area (Å²) in [6, 6.07) is 15.1. The lowest BCUT2D eigenvalue weighted by atomic mass is 10.0. The normalized spacial score (nSPS) is 11.7. The first-order valence-electron chi connectivity index (χ1n) is 9.13. The Kier molecular flexibility index (Phi) is 9.87. The van der Waals surface area contributed by atoms with Crippen LogP contribution in [-0.4, -0.2) is 49.8 Å². The summed E-state index contributed by atoms with van der Waals surface area (Å²) in [6.07, 6.45) is 0.687. The molecule has 1 amide bonds. The third-order valence-corrected chi connectivity index (χ3v) is 5.50. The van der Waals surface area contributed by atoms with Gasteiger partial charge in [0.25, 0.3) is 0 Å². The van der Waals surface area contributed by atoms with E-state index in [1.165, 1.54) is 20.9 Å². The number of carbonyl (C=O) groups excluding carboxylic acids is 1. The molecule has 154 valence electrons. The van der Waals surface area contributed by atoms with E-state index in [0.29, 0.717) is 11.8 Å². The van der Waals surface area contributed by atoms with Crippen LogP contribution in [0.2, 0.25) is 0 Å². The van der Waals surface area contributed by atoms with Gasteiger partial charge in [-0.25, -0.2) is 4.79 Å². The summed E-state index contributed by atoms with van der Waals surface area (Å²) >= 11 is 1.89. The number of rotatable bonds is 7. The molecule has 0 aliphatic carbocycles. The number of hydrogen-bond donors (Lipinski definition) is 0. The lowest BCUT2D eigenvalue weighted by Gasteiger charge is -2.25. The van der Waals surface area contributed by atoms with Crippen molar-refractivity contribution >= 4 is 30.3 Å². The number of halogens is 1. The molecule has 0 saturated carbocycles. The molecule has 0 aliphatic heterocycles. The highest BCUT2D eigenvalue weighted by Crippen LogP contribution is 2.30. The van der Waals surface area contributed by atoms with Gasteiger partial charge in [0, 0.05) is 25.0 Å². The Morgan fingerprint density at radius 3 is 2.21 bits per heavy atom. The number of benzene rings is 2. The topological polar surface area (TPSA) is 32.8 Å². The van der Waals surface area contributed by atoms with Crippen LogP contribution in [0.1, 0.15) is 29.2 Å². The summed E-state index contributed by atoms with van der Waals surface area (Å²) in [5, 5.41) is 0. The molecule has 6 heteroatoms. The Bertz CT molecular complexity index is 764. The van der Waals surface area contributed by atoms with Crippen LogP contribution in [-0.2, 0) is 0 Å². The van der Waals surface area contributed by atoms with Gasteiger partial charge in [0.15, 0.2) is 0 Å². The van der Waals surface area contributed by atoms with Gasteiger partial charge in [0.1, 0.15) is 5.75 Å². The second-order valence-corrected chi connectivity index (χ2v) is 8.39. The van der Waals surface area contributed by atoms with Gasteiger partial charge < -0.3 is 14.5 Å². The Morgan fingerprint density at radius 2 is 1.68 bits per heavy atom. The van der Waals surface area contributed by atoms with E-state index in [-0.39, 0.29) is 18.5 Å².